The second-order valence-electron chi connectivity index (χ2n) is 5.65. The van der Waals surface area contributed by atoms with Gasteiger partial charge in [-0.05, 0) is 43.5 Å². The summed E-state index contributed by atoms with van der Waals surface area (Å²) in [6, 6.07) is 6.33. The van der Waals surface area contributed by atoms with Gasteiger partial charge in [0.15, 0.2) is 5.17 Å². The molecule has 0 bridgehead atoms. The number of nitrogens with zero attached hydrogens (tertiary/aromatic N) is 2. The van der Waals surface area contributed by atoms with Crippen molar-refractivity contribution < 1.29 is 0 Å². The minimum absolute atomic E-state index is 0.486. The van der Waals surface area contributed by atoms with Crippen molar-refractivity contribution in [3.05, 3.63) is 35.4 Å². The van der Waals surface area contributed by atoms with Gasteiger partial charge in [0, 0.05) is 31.2 Å². The first kappa shape index (κ1) is 14.5. The molecule has 0 amide bonds. The Morgan fingerprint density at radius 2 is 2.33 bits per heavy atom. The number of nitrogens with one attached hydrogen (secondary N) is 1. The van der Waals surface area contributed by atoms with Gasteiger partial charge < -0.3 is 16.0 Å². The topological polar surface area (TPSA) is 53.6 Å². The van der Waals surface area contributed by atoms with E-state index in [-0.39, 0.29) is 0 Å². The Kier molecular flexibility index (Phi) is 4.22. The van der Waals surface area contributed by atoms with E-state index in [1.807, 2.05) is 12.3 Å². The van der Waals surface area contributed by atoms with E-state index in [2.05, 4.69) is 40.5 Å². The van der Waals surface area contributed by atoms with Gasteiger partial charge >= 0.3 is 0 Å². The molecule has 0 saturated carbocycles. The lowest BCUT2D eigenvalue weighted by molar-refractivity contribution is 0.354. The fourth-order valence-corrected chi connectivity index (χ4v) is 3.19. The maximum Gasteiger partial charge on any atom is 0.158 e. The molecule has 0 spiro atoms. The van der Waals surface area contributed by atoms with Crippen molar-refractivity contribution in [3.63, 3.8) is 0 Å². The second kappa shape index (κ2) is 6.12. The molecule has 0 saturated heterocycles. The van der Waals surface area contributed by atoms with Crippen LogP contribution in [0.2, 0.25) is 0 Å². The van der Waals surface area contributed by atoms with Gasteiger partial charge in [0.25, 0.3) is 0 Å². The lowest BCUT2D eigenvalue weighted by atomic mass is 9.89. The van der Waals surface area contributed by atoms with Crippen LogP contribution < -0.4 is 11.1 Å². The molecule has 0 fully saturated rings. The SMILES string of the molecule is CSC(N)=Nc1ccc2c(c1)C(C1=CCN(C)CC1)CN2. The minimum Gasteiger partial charge on any atom is -0.384 e. The lowest BCUT2D eigenvalue weighted by Crippen LogP contribution is -2.26. The molecule has 1 aromatic rings. The molecule has 3 N–H and O–H groups in total. The van der Waals surface area contributed by atoms with E-state index in [0.29, 0.717) is 11.1 Å². The third-order valence-corrected chi connectivity index (χ3v) is 4.76. The van der Waals surface area contributed by atoms with Crippen molar-refractivity contribution in [3.8, 4) is 0 Å². The van der Waals surface area contributed by atoms with Crippen molar-refractivity contribution in [2.24, 2.45) is 10.7 Å². The molecule has 2 aliphatic heterocycles. The van der Waals surface area contributed by atoms with Crippen LogP contribution in [0.5, 0.6) is 0 Å². The fourth-order valence-electron chi connectivity index (χ4n) is 3.00. The summed E-state index contributed by atoms with van der Waals surface area (Å²) >= 11 is 1.48. The van der Waals surface area contributed by atoms with Gasteiger partial charge in [0.1, 0.15) is 0 Å². The number of aliphatic imine (C=N–C) groups is 1. The van der Waals surface area contributed by atoms with Crippen LogP contribution >= 0.6 is 11.8 Å². The number of rotatable bonds is 2. The lowest BCUT2D eigenvalue weighted by Gasteiger charge is -2.25. The Labute approximate surface area is 130 Å². The standard InChI is InChI=1S/C16H22N4S/c1-20-7-5-11(6-8-20)14-10-18-15-4-3-12(9-13(14)15)19-16(17)21-2/h3-5,9,14,18H,6-8,10H2,1-2H3,(H2,17,19). The third kappa shape index (κ3) is 3.09. The van der Waals surface area contributed by atoms with Gasteiger partial charge in [-0.15, -0.1) is 0 Å². The zero-order chi connectivity index (χ0) is 14.8. The molecular weight excluding hydrogens is 280 g/mol. The second-order valence-corrected chi connectivity index (χ2v) is 6.48. The average molecular weight is 302 g/mol. The first-order valence-electron chi connectivity index (χ1n) is 7.31. The summed E-state index contributed by atoms with van der Waals surface area (Å²) in [6.45, 7) is 3.20. The monoisotopic (exact) mass is 302 g/mol. The predicted octanol–water partition coefficient (Wildman–Crippen LogP) is 2.77. The molecule has 1 unspecified atom stereocenters. The Bertz CT molecular complexity index is 594. The third-order valence-electron chi connectivity index (χ3n) is 4.25. The summed E-state index contributed by atoms with van der Waals surface area (Å²) in [5, 5.41) is 4.12. The van der Waals surface area contributed by atoms with E-state index in [9.17, 15) is 0 Å². The number of anilines is 1. The molecule has 2 aliphatic rings. The number of benzene rings is 1. The molecule has 4 nitrogen and oxygen atoms in total. The van der Waals surface area contributed by atoms with E-state index in [1.165, 1.54) is 23.0 Å². The van der Waals surface area contributed by atoms with Crippen LogP contribution in [0.3, 0.4) is 0 Å². The Morgan fingerprint density at radius 1 is 1.48 bits per heavy atom. The number of amidine groups is 1. The number of fused-ring (bicyclic) bond motifs is 1. The van der Waals surface area contributed by atoms with Crippen molar-refractivity contribution in [1.82, 2.24) is 4.90 Å². The van der Waals surface area contributed by atoms with E-state index in [4.69, 9.17) is 5.73 Å². The molecule has 0 radical (unpaired) electrons. The molecule has 1 atom stereocenters. The van der Waals surface area contributed by atoms with Gasteiger partial charge in [-0.25, -0.2) is 4.99 Å². The van der Waals surface area contributed by atoms with Gasteiger partial charge in [0.05, 0.1) is 5.69 Å². The summed E-state index contributed by atoms with van der Waals surface area (Å²) in [5.74, 6) is 0.486. The van der Waals surface area contributed by atoms with Crippen molar-refractivity contribution >= 4 is 28.3 Å². The van der Waals surface area contributed by atoms with Crippen molar-refractivity contribution in [1.29, 1.82) is 0 Å². The molecule has 5 heteroatoms. The highest BCUT2D eigenvalue weighted by Crippen LogP contribution is 2.40. The van der Waals surface area contributed by atoms with Crippen molar-refractivity contribution in [2.75, 3.05) is 38.3 Å². The van der Waals surface area contributed by atoms with Gasteiger partial charge in [-0.2, -0.15) is 0 Å². The first-order valence-corrected chi connectivity index (χ1v) is 8.53. The number of hydrogen-bond donors (Lipinski definition) is 2. The van der Waals surface area contributed by atoms with E-state index in [1.54, 1.807) is 5.57 Å². The van der Waals surface area contributed by atoms with Crippen LogP contribution in [0.25, 0.3) is 0 Å². The van der Waals surface area contributed by atoms with Crippen molar-refractivity contribution in [2.45, 2.75) is 12.3 Å². The van der Waals surface area contributed by atoms with Crippen LogP contribution in [0.15, 0.2) is 34.8 Å². The number of hydrogen-bond acceptors (Lipinski definition) is 4. The highest BCUT2D eigenvalue weighted by atomic mass is 32.2. The van der Waals surface area contributed by atoms with E-state index < -0.39 is 0 Å². The quantitative estimate of drug-likeness (QED) is 0.501. The summed E-state index contributed by atoms with van der Waals surface area (Å²) in [7, 11) is 2.17. The van der Waals surface area contributed by atoms with Gasteiger partial charge in [-0.3, -0.25) is 0 Å². The largest absolute Gasteiger partial charge is 0.384 e. The highest BCUT2D eigenvalue weighted by Gasteiger charge is 2.26. The zero-order valence-corrected chi connectivity index (χ0v) is 13.4. The Morgan fingerprint density at radius 3 is 3.05 bits per heavy atom. The zero-order valence-electron chi connectivity index (χ0n) is 12.6. The molecule has 3 rings (SSSR count). The molecule has 1 aromatic carbocycles. The van der Waals surface area contributed by atoms with Gasteiger partial charge in [0.2, 0.25) is 0 Å². The molecule has 2 heterocycles. The molecule has 0 aromatic heterocycles. The van der Waals surface area contributed by atoms with Crippen LogP contribution in [0, 0.1) is 0 Å². The number of likely N-dealkylation sites (N-methyl/N-ethyl adjacent to an activating group) is 1. The summed E-state index contributed by atoms with van der Waals surface area (Å²) < 4.78 is 0. The normalized spacial score (nSPS) is 22.7. The Balaban J connectivity index is 1.88. The predicted molar refractivity (Wildman–Crippen MR) is 92.7 cm³/mol. The maximum absolute atomic E-state index is 5.82. The van der Waals surface area contributed by atoms with E-state index >= 15 is 0 Å². The fraction of sp³-hybridized carbons (Fsp3) is 0.438. The smallest absolute Gasteiger partial charge is 0.158 e. The van der Waals surface area contributed by atoms with Gasteiger partial charge in [-0.1, -0.05) is 23.4 Å². The average Bonchev–Trinajstić information content (AvgIpc) is 2.91. The highest BCUT2D eigenvalue weighted by molar-refractivity contribution is 8.13. The van der Waals surface area contributed by atoms with Crippen LogP contribution in [-0.2, 0) is 0 Å². The van der Waals surface area contributed by atoms with Crippen LogP contribution in [0.1, 0.15) is 17.9 Å². The molecule has 21 heavy (non-hydrogen) atoms. The van der Waals surface area contributed by atoms with E-state index in [0.717, 1.165) is 31.7 Å². The minimum atomic E-state index is 0.486. The first-order chi connectivity index (χ1) is 10.2. The summed E-state index contributed by atoms with van der Waals surface area (Å²) in [5.41, 5.74) is 10.9. The Hall–Kier alpha value is -1.46. The van der Waals surface area contributed by atoms with Crippen LogP contribution in [0.4, 0.5) is 11.4 Å². The summed E-state index contributed by atoms with van der Waals surface area (Å²) in [4.78, 5) is 6.80. The number of nitrogens with two attached hydrogens (primary N) is 1. The maximum atomic E-state index is 5.82. The molecular formula is C16H22N4S. The summed E-state index contributed by atoms with van der Waals surface area (Å²) in [6.07, 6.45) is 5.49. The molecule has 0 aliphatic carbocycles. The molecule has 112 valence electrons. The number of thioether (sulfide) groups is 1. The van der Waals surface area contributed by atoms with Crippen LogP contribution in [-0.4, -0.2) is 43.0 Å².